The molecule has 0 aliphatic heterocycles. The van der Waals surface area contributed by atoms with Crippen molar-refractivity contribution in [1.82, 2.24) is 4.98 Å². The lowest BCUT2D eigenvalue weighted by Gasteiger charge is -2.09. The largest absolute Gasteiger partial charge is 0.478 e. The molecule has 1 aromatic rings. The minimum atomic E-state index is -0.940. The van der Waals surface area contributed by atoms with Crippen LogP contribution in [0.3, 0.4) is 0 Å². The molecule has 4 nitrogen and oxygen atoms in total. The molecule has 0 bridgehead atoms. The summed E-state index contributed by atoms with van der Waals surface area (Å²) >= 11 is 0. The Kier molecular flexibility index (Phi) is 3.97. The molecule has 0 radical (unpaired) electrons. The molecule has 0 atom stereocenters. The zero-order valence-corrected chi connectivity index (χ0v) is 10.6. The van der Waals surface area contributed by atoms with Gasteiger partial charge >= 0.3 is 5.97 Å². The molecule has 0 saturated carbocycles. The van der Waals surface area contributed by atoms with Crippen LogP contribution in [0.25, 0.3) is 0 Å². The van der Waals surface area contributed by atoms with Crippen molar-refractivity contribution in [2.75, 3.05) is 11.9 Å². The van der Waals surface area contributed by atoms with E-state index in [9.17, 15) is 4.79 Å². The summed E-state index contributed by atoms with van der Waals surface area (Å²) in [6, 6.07) is 3.32. The van der Waals surface area contributed by atoms with Gasteiger partial charge in [-0.25, -0.2) is 9.78 Å². The number of nitrogens with zero attached hydrogens (tertiary/aromatic N) is 1. The van der Waals surface area contributed by atoms with E-state index in [-0.39, 0.29) is 5.56 Å². The molecule has 96 valence electrons. The van der Waals surface area contributed by atoms with Gasteiger partial charge in [0.25, 0.3) is 0 Å². The van der Waals surface area contributed by atoms with Gasteiger partial charge in [-0.1, -0.05) is 11.6 Å². The zero-order valence-electron chi connectivity index (χ0n) is 10.6. The van der Waals surface area contributed by atoms with E-state index in [1.807, 2.05) is 6.92 Å². The molecule has 0 unspecified atom stereocenters. The topological polar surface area (TPSA) is 62.2 Å². The number of carboxylic acid groups (broad SMARTS) is 1. The number of anilines is 1. The van der Waals surface area contributed by atoms with E-state index in [1.165, 1.54) is 24.8 Å². The van der Waals surface area contributed by atoms with Crippen LogP contribution in [0.5, 0.6) is 0 Å². The van der Waals surface area contributed by atoms with E-state index in [2.05, 4.69) is 16.4 Å². The molecule has 1 aliphatic carbocycles. The Balaban J connectivity index is 1.99. The van der Waals surface area contributed by atoms with Crippen LogP contribution >= 0.6 is 0 Å². The molecule has 1 heterocycles. The van der Waals surface area contributed by atoms with Crippen molar-refractivity contribution in [3.8, 4) is 0 Å². The smallest absolute Gasteiger partial charge is 0.339 e. The van der Waals surface area contributed by atoms with Gasteiger partial charge in [-0.05, 0) is 44.7 Å². The van der Waals surface area contributed by atoms with E-state index in [4.69, 9.17) is 5.11 Å². The predicted octanol–water partition coefficient (Wildman–Crippen LogP) is 3.00. The fraction of sp³-hybridized carbons (Fsp3) is 0.429. The summed E-state index contributed by atoms with van der Waals surface area (Å²) in [5.74, 6) is -0.467. The fourth-order valence-electron chi connectivity index (χ4n) is 2.17. The number of nitrogens with one attached hydrogen (secondary N) is 1. The minimum absolute atomic E-state index is 0.237. The summed E-state index contributed by atoms with van der Waals surface area (Å²) < 4.78 is 0. The first kappa shape index (κ1) is 12.6. The Bertz CT molecular complexity index is 481. The lowest BCUT2D eigenvalue weighted by atomic mass is 10.1. The fourth-order valence-corrected chi connectivity index (χ4v) is 2.17. The number of rotatable bonds is 5. The molecule has 0 aromatic carbocycles. The highest BCUT2D eigenvalue weighted by Gasteiger charge is 2.11. The van der Waals surface area contributed by atoms with E-state index in [0.717, 1.165) is 18.7 Å². The number of hydrogen-bond acceptors (Lipinski definition) is 3. The number of pyridine rings is 1. The second kappa shape index (κ2) is 5.67. The molecule has 0 spiro atoms. The molecule has 4 heteroatoms. The molecule has 0 amide bonds. The summed E-state index contributed by atoms with van der Waals surface area (Å²) in [4.78, 5) is 15.3. The molecule has 2 rings (SSSR count). The molecule has 18 heavy (non-hydrogen) atoms. The highest BCUT2D eigenvalue weighted by Crippen LogP contribution is 2.21. The number of aryl methyl sites for hydroxylation is 1. The highest BCUT2D eigenvalue weighted by atomic mass is 16.4. The quantitative estimate of drug-likeness (QED) is 0.784. The van der Waals surface area contributed by atoms with Gasteiger partial charge in [0.05, 0.1) is 0 Å². The maximum atomic E-state index is 11.1. The molecule has 1 aromatic heterocycles. The number of allylic oxidation sites excluding steroid dienone is 1. The summed E-state index contributed by atoms with van der Waals surface area (Å²) in [6.07, 6.45) is 6.85. The average Bonchev–Trinajstić information content (AvgIpc) is 2.82. The normalized spacial score (nSPS) is 14.4. The van der Waals surface area contributed by atoms with Gasteiger partial charge < -0.3 is 10.4 Å². The third-order valence-corrected chi connectivity index (χ3v) is 3.14. The number of carboxylic acids is 1. The molecule has 1 aliphatic rings. The first-order chi connectivity index (χ1) is 8.66. The summed E-state index contributed by atoms with van der Waals surface area (Å²) in [5.41, 5.74) is 2.52. The number of carbonyl (C=O) groups is 1. The average molecular weight is 246 g/mol. The maximum Gasteiger partial charge on any atom is 0.339 e. The summed E-state index contributed by atoms with van der Waals surface area (Å²) in [6.45, 7) is 2.60. The number of aromatic nitrogens is 1. The van der Waals surface area contributed by atoms with Crippen LogP contribution in [0.2, 0.25) is 0 Å². The van der Waals surface area contributed by atoms with E-state index in [0.29, 0.717) is 5.82 Å². The molecular weight excluding hydrogens is 228 g/mol. The Morgan fingerprint density at radius 1 is 1.50 bits per heavy atom. The van der Waals surface area contributed by atoms with Gasteiger partial charge in [-0.15, -0.1) is 0 Å². The second-order valence-corrected chi connectivity index (χ2v) is 4.59. The van der Waals surface area contributed by atoms with Crippen LogP contribution in [-0.4, -0.2) is 22.6 Å². The first-order valence-corrected chi connectivity index (χ1v) is 6.29. The van der Waals surface area contributed by atoms with E-state index in [1.54, 1.807) is 12.1 Å². The van der Waals surface area contributed by atoms with Crippen molar-refractivity contribution in [2.45, 2.75) is 32.6 Å². The molecule has 0 saturated heterocycles. The van der Waals surface area contributed by atoms with Gasteiger partial charge in [-0.2, -0.15) is 0 Å². The van der Waals surface area contributed by atoms with Crippen LogP contribution < -0.4 is 5.32 Å². The second-order valence-electron chi connectivity index (χ2n) is 4.59. The van der Waals surface area contributed by atoms with Crippen LogP contribution in [0.4, 0.5) is 5.82 Å². The standard InChI is InChI=1S/C14H18N2O2/c1-10-6-7-12(14(17)18)13(16-10)15-9-8-11-4-2-3-5-11/h4,6-7H,2-3,5,8-9H2,1H3,(H,15,16)(H,17,18). The van der Waals surface area contributed by atoms with Gasteiger partial charge in [0.15, 0.2) is 0 Å². The Morgan fingerprint density at radius 3 is 3.00 bits per heavy atom. The minimum Gasteiger partial charge on any atom is -0.478 e. The van der Waals surface area contributed by atoms with E-state index >= 15 is 0 Å². The van der Waals surface area contributed by atoms with Crippen LogP contribution in [0, 0.1) is 6.92 Å². The van der Waals surface area contributed by atoms with Gasteiger partial charge in [0, 0.05) is 12.2 Å². The highest BCUT2D eigenvalue weighted by molar-refractivity contribution is 5.93. The Hall–Kier alpha value is -1.84. The molecule has 0 fully saturated rings. The Labute approximate surface area is 107 Å². The molecule has 2 N–H and O–H groups in total. The van der Waals surface area contributed by atoms with Crippen molar-refractivity contribution >= 4 is 11.8 Å². The maximum absolute atomic E-state index is 11.1. The monoisotopic (exact) mass is 246 g/mol. The molecular formula is C14H18N2O2. The van der Waals surface area contributed by atoms with Crippen LogP contribution in [0.15, 0.2) is 23.8 Å². The first-order valence-electron chi connectivity index (χ1n) is 6.29. The van der Waals surface area contributed by atoms with Gasteiger partial charge in [0.1, 0.15) is 11.4 Å². The van der Waals surface area contributed by atoms with Gasteiger partial charge in [-0.3, -0.25) is 0 Å². The summed E-state index contributed by atoms with van der Waals surface area (Å²) in [5, 5.41) is 12.2. The van der Waals surface area contributed by atoms with Crippen molar-refractivity contribution in [1.29, 1.82) is 0 Å². The number of hydrogen-bond donors (Lipinski definition) is 2. The van der Waals surface area contributed by atoms with Crippen molar-refractivity contribution in [3.05, 3.63) is 35.0 Å². The zero-order chi connectivity index (χ0) is 13.0. The van der Waals surface area contributed by atoms with E-state index < -0.39 is 5.97 Å². The van der Waals surface area contributed by atoms with Crippen molar-refractivity contribution in [2.24, 2.45) is 0 Å². The van der Waals surface area contributed by atoms with Crippen molar-refractivity contribution < 1.29 is 9.90 Å². The lowest BCUT2D eigenvalue weighted by molar-refractivity contribution is 0.0697. The van der Waals surface area contributed by atoms with Crippen molar-refractivity contribution in [3.63, 3.8) is 0 Å². The SMILES string of the molecule is Cc1ccc(C(=O)O)c(NCCC2=CCCC2)n1. The summed E-state index contributed by atoms with van der Waals surface area (Å²) in [7, 11) is 0. The number of aromatic carboxylic acids is 1. The van der Waals surface area contributed by atoms with Crippen LogP contribution in [0.1, 0.15) is 41.7 Å². The lowest BCUT2D eigenvalue weighted by Crippen LogP contribution is -2.10. The third kappa shape index (κ3) is 3.09. The third-order valence-electron chi connectivity index (χ3n) is 3.14. The van der Waals surface area contributed by atoms with Crippen LogP contribution in [-0.2, 0) is 0 Å². The van der Waals surface area contributed by atoms with Gasteiger partial charge in [0.2, 0.25) is 0 Å². The predicted molar refractivity (Wildman–Crippen MR) is 71.0 cm³/mol. The Morgan fingerprint density at radius 2 is 2.33 bits per heavy atom.